The van der Waals surface area contributed by atoms with Gasteiger partial charge in [0.2, 0.25) is 0 Å². The molecule has 1 aromatic carbocycles. The van der Waals surface area contributed by atoms with Gasteiger partial charge in [0.25, 0.3) is 11.8 Å². The van der Waals surface area contributed by atoms with Crippen molar-refractivity contribution < 1.29 is 19.1 Å². The molecule has 0 saturated heterocycles. The van der Waals surface area contributed by atoms with Crippen LogP contribution in [0.2, 0.25) is 0 Å². The maximum absolute atomic E-state index is 12.0. The summed E-state index contributed by atoms with van der Waals surface area (Å²) in [6, 6.07) is 9.75. The van der Waals surface area contributed by atoms with Gasteiger partial charge in [-0.1, -0.05) is 0 Å². The number of carbonyl (C=O) groups is 2. The molecule has 0 bridgehead atoms. The van der Waals surface area contributed by atoms with Crippen LogP contribution in [0.1, 0.15) is 40.2 Å². The smallest absolute Gasteiger partial charge is 0.291 e. The Morgan fingerprint density at radius 2 is 1.87 bits per heavy atom. The van der Waals surface area contributed by atoms with E-state index in [1.54, 1.807) is 36.4 Å². The molecular weight excluding hydrogens is 296 g/mol. The third-order valence-electron chi connectivity index (χ3n) is 4.01. The van der Waals surface area contributed by atoms with Crippen molar-refractivity contribution in [1.82, 2.24) is 5.32 Å². The Kier molecular flexibility index (Phi) is 4.16. The second-order valence-electron chi connectivity index (χ2n) is 5.77. The van der Waals surface area contributed by atoms with E-state index in [0.717, 1.165) is 19.3 Å². The van der Waals surface area contributed by atoms with Crippen molar-refractivity contribution in [1.29, 1.82) is 0 Å². The minimum atomic E-state index is -0.743. The highest BCUT2D eigenvalue weighted by Gasteiger charge is 2.34. The van der Waals surface area contributed by atoms with Crippen molar-refractivity contribution in [3.63, 3.8) is 0 Å². The molecule has 2 amide bonds. The number of furan rings is 1. The standard InChI is InChI=1S/C17H18N2O4/c20-15(18-11-17(22)8-2-9-17)12-4-6-13(7-5-12)19-16(21)14-3-1-10-23-14/h1,3-7,10,22H,2,8-9,11H2,(H,18,20)(H,19,21). The van der Waals surface area contributed by atoms with E-state index in [2.05, 4.69) is 10.6 Å². The normalized spacial score (nSPS) is 15.5. The Balaban J connectivity index is 1.56. The molecule has 0 aliphatic heterocycles. The fourth-order valence-corrected chi connectivity index (χ4v) is 2.41. The van der Waals surface area contributed by atoms with E-state index >= 15 is 0 Å². The molecule has 6 heteroatoms. The number of hydrogen-bond donors (Lipinski definition) is 3. The summed E-state index contributed by atoms with van der Waals surface area (Å²) in [4.78, 5) is 23.9. The quantitative estimate of drug-likeness (QED) is 0.789. The maximum atomic E-state index is 12.0. The van der Waals surface area contributed by atoms with Gasteiger partial charge in [0.1, 0.15) is 0 Å². The minimum absolute atomic E-state index is 0.223. The van der Waals surface area contributed by atoms with E-state index < -0.39 is 5.60 Å². The van der Waals surface area contributed by atoms with E-state index in [0.29, 0.717) is 11.3 Å². The first-order chi connectivity index (χ1) is 11.1. The first kappa shape index (κ1) is 15.3. The van der Waals surface area contributed by atoms with Gasteiger partial charge < -0.3 is 20.2 Å². The lowest BCUT2D eigenvalue weighted by Crippen LogP contribution is -2.47. The first-order valence-corrected chi connectivity index (χ1v) is 7.51. The third-order valence-corrected chi connectivity index (χ3v) is 4.01. The molecule has 1 saturated carbocycles. The van der Waals surface area contributed by atoms with Crippen LogP contribution in [0.4, 0.5) is 5.69 Å². The number of rotatable bonds is 5. The van der Waals surface area contributed by atoms with Crippen molar-refractivity contribution in [2.24, 2.45) is 0 Å². The highest BCUT2D eigenvalue weighted by Crippen LogP contribution is 2.30. The SMILES string of the molecule is O=C(NCC1(O)CCC1)c1ccc(NC(=O)c2ccco2)cc1. The molecule has 1 aliphatic carbocycles. The number of nitrogens with one attached hydrogen (secondary N) is 2. The lowest BCUT2D eigenvalue weighted by molar-refractivity contribution is -0.0300. The second kappa shape index (κ2) is 6.26. The zero-order valence-corrected chi connectivity index (χ0v) is 12.5. The first-order valence-electron chi connectivity index (χ1n) is 7.51. The Labute approximate surface area is 133 Å². The Morgan fingerprint density at radius 1 is 1.13 bits per heavy atom. The second-order valence-corrected chi connectivity index (χ2v) is 5.77. The van der Waals surface area contributed by atoms with E-state index in [9.17, 15) is 14.7 Å². The lowest BCUT2D eigenvalue weighted by Gasteiger charge is -2.36. The van der Waals surface area contributed by atoms with Gasteiger partial charge in [0.15, 0.2) is 5.76 Å². The van der Waals surface area contributed by atoms with Crippen LogP contribution in [0, 0.1) is 0 Å². The van der Waals surface area contributed by atoms with Crippen LogP contribution >= 0.6 is 0 Å². The predicted molar refractivity (Wildman–Crippen MR) is 84.2 cm³/mol. The van der Waals surface area contributed by atoms with Crippen LogP contribution in [0.15, 0.2) is 47.1 Å². The Hall–Kier alpha value is -2.60. The number of hydrogen-bond acceptors (Lipinski definition) is 4. The molecule has 1 aliphatic rings. The highest BCUT2D eigenvalue weighted by atomic mass is 16.3. The summed E-state index contributed by atoms with van der Waals surface area (Å²) in [5, 5.41) is 15.4. The average molecular weight is 314 g/mol. The van der Waals surface area contributed by atoms with Crippen LogP contribution in [-0.2, 0) is 0 Å². The summed E-state index contributed by atoms with van der Waals surface area (Å²) in [5.74, 6) is -0.366. The highest BCUT2D eigenvalue weighted by molar-refractivity contribution is 6.02. The molecule has 2 aromatic rings. The molecule has 6 nitrogen and oxygen atoms in total. The molecule has 3 N–H and O–H groups in total. The van der Waals surface area contributed by atoms with Crippen LogP contribution < -0.4 is 10.6 Å². The van der Waals surface area contributed by atoms with Gasteiger partial charge in [-0.3, -0.25) is 9.59 Å². The van der Waals surface area contributed by atoms with Crippen molar-refractivity contribution in [3.8, 4) is 0 Å². The van der Waals surface area contributed by atoms with Gasteiger partial charge in [0.05, 0.1) is 11.9 Å². The van der Waals surface area contributed by atoms with E-state index in [4.69, 9.17) is 4.42 Å². The molecule has 23 heavy (non-hydrogen) atoms. The zero-order valence-electron chi connectivity index (χ0n) is 12.5. The van der Waals surface area contributed by atoms with Crippen LogP contribution in [0.3, 0.4) is 0 Å². The summed E-state index contributed by atoms with van der Waals surface area (Å²) >= 11 is 0. The fraction of sp³-hybridized carbons (Fsp3) is 0.294. The number of anilines is 1. The van der Waals surface area contributed by atoms with Gasteiger partial charge >= 0.3 is 0 Å². The number of carbonyl (C=O) groups excluding carboxylic acids is 2. The molecular formula is C17H18N2O4. The molecule has 0 spiro atoms. The average Bonchev–Trinajstić information content (AvgIpc) is 3.06. The molecule has 0 unspecified atom stereocenters. The molecule has 1 aromatic heterocycles. The van der Waals surface area contributed by atoms with Gasteiger partial charge in [0, 0.05) is 17.8 Å². The molecule has 0 radical (unpaired) electrons. The number of amides is 2. The van der Waals surface area contributed by atoms with E-state index in [1.807, 2.05) is 0 Å². The molecule has 120 valence electrons. The van der Waals surface area contributed by atoms with E-state index in [-0.39, 0.29) is 24.1 Å². The summed E-state index contributed by atoms with van der Waals surface area (Å²) in [7, 11) is 0. The maximum Gasteiger partial charge on any atom is 0.291 e. The molecule has 1 fully saturated rings. The van der Waals surface area contributed by atoms with Gasteiger partial charge in [-0.05, 0) is 55.7 Å². The van der Waals surface area contributed by atoms with Crippen LogP contribution in [-0.4, -0.2) is 29.1 Å². The van der Waals surface area contributed by atoms with E-state index in [1.165, 1.54) is 6.26 Å². The number of aliphatic hydroxyl groups is 1. The van der Waals surface area contributed by atoms with Crippen molar-refractivity contribution in [2.75, 3.05) is 11.9 Å². The number of benzene rings is 1. The van der Waals surface area contributed by atoms with Crippen molar-refractivity contribution >= 4 is 17.5 Å². The predicted octanol–water partition coefficient (Wildman–Crippen LogP) is 2.18. The van der Waals surface area contributed by atoms with Crippen molar-refractivity contribution in [3.05, 3.63) is 54.0 Å². The fourth-order valence-electron chi connectivity index (χ4n) is 2.41. The summed E-state index contributed by atoms with van der Waals surface area (Å²) in [6.45, 7) is 0.267. The largest absolute Gasteiger partial charge is 0.459 e. The monoisotopic (exact) mass is 314 g/mol. The lowest BCUT2D eigenvalue weighted by atomic mass is 9.80. The van der Waals surface area contributed by atoms with Crippen LogP contribution in [0.5, 0.6) is 0 Å². The Morgan fingerprint density at radius 3 is 2.43 bits per heavy atom. The molecule has 0 atom stereocenters. The minimum Gasteiger partial charge on any atom is -0.459 e. The summed E-state index contributed by atoms with van der Waals surface area (Å²) in [5.41, 5.74) is 0.302. The van der Waals surface area contributed by atoms with Gasteiger partial charge in [-0.15, -0.1) is 0 Å². The topological polar surface area (TPSA) is 91.6 Å². The van der Waals surface area contributed by atoms with Gasteiger partial charge in [-0.2, -0.15) is 0 Å². The van der Waals surface area contributed by atoms with Gasteiger partial charge in [-0.25, -0.2) is 0 Å². The summed E-state index contributed by atoms with van der Waals surface area (Å²) in [6.07, 6.45) is 3.88. The molecule has 1 heterocycles. The summed E-state index contributed by atoms with van der Waals surface area (Å²) < 4.78 is 5.01. The Bertz CT molecular complexity index is 688. The van der Waals surface area contributed by atoms with Crippen LogP contribution in [0.25, 0.3) is 0 Å². The van der Waals surface area contributed by atoms with Crippen molar-refractivity contribution in [2.45, 2.75) is 24.9 Å². The zero-order chi connectivity index (χ0) is 16.3. The molecule has 3 rings (SSSR count). The third kappa shape index (κ3) is 3.60.